The molecule has 1 aliphatic rings. The van der Waals surface area contributed by atoms with Crippen molar-refractivity contribution in [1.29, 1.82) is 0 Å². The first-order chi connectivity index (χ1) is 14.4. The SMILES string of the molecule is CCCCCCc1cc2c(cc1C#Cc1cnc(CC(=O)O)nc1)C(C)(C)CCS2. The van der Waals surface area contributed by atoms with E-state index in [1.165, 1.54) is 53.9 Å². The second-order valence-corrected chi connectivity index (χ2v) is 9.64. The molecule has 4 nitrogen and oxygen atoms in total. The van der Waals surface area contributed by atoms with E-state index in [1.807, 2.05) is 11.8 Å². The monoisotopic (exact) mass is 422 g/mol. The van der Waals surface area contributed by atoms with Crippen molar-refractivity contribution in [2.45, 2.75) is 76.0 Å². The summed E-state index contributed by atoms with van der Waals surface area (Å²) in [6.45, 7) is 6.87. The molecule has 0 saturated carbocycles. The van der Waals surface area contributed by atoms with E-state index in [9.17, 15) is 4.79 Å². The molecule has 5 heteroatoms. The van der Waals surface area contributed by atoms with Gasteiger partial charge in [-0.15, -0.1) is 11.8 Å². The van der Waals surface area contributed by atoms with Crippen molar-refractivity contribution < 1.29 is 9.90 Å². The standard InChI is InChI=1S/C25H30N2O2S/c1-4-5-6-7-8-19-14-22-21(25(2,3)11-12-30-22)13-20(19)10-9-18-16-26-23(27-17-18)15-24(28)29/h13-14,16-17H,4-8,11-12,15H2,1-3H3,(H,28,29). The molecule has 3 rings (SSSR count). The highest BCUT2D eigenvalue weighted by Crippen LogP contribution is 2.42. The molecule has 1 aromatic carbocycles. The number of rotatable bonds is 7. The third-order valence-corrected chi connectivity index (χ3v) is 6.63. The highest BCUT2D eigenvalue weighted by Gasteiger charge is 2.28. The number of thioether (sulfide) groups is 1. The molecule has 1 aromatic heterocycles. The van der Waals surface area contributed by atoms with E-state index in [0.29, 0.717) is 11.4 Å². The van der Waals surface area contributed by atoms with Gasteiger partial charge in [-0.3, -0.25) is 4.79 Å². The maximum absolute atomic E-state index is 10.8. The quantitative estimate of drug-likeness (QED) is 0.478. The summed E-state index contributed by atoms with van der Waals surface area (Å²) in [4.78, 5) is 20.4. The van der Waals surface area contributed by atoms with Gasteiger partial charge in [0.15, 0.2) is 0 Å². The van der Waals surface area contributed by atoms with Gasteiger partial charge in [0, 0.05) is 22.9 Å². The molecular formula is C25H30N2O2S. The Morgan fingerprint density at radius 3 is 2.63 bits per heavy atom. The van der Waals surface area contributed by atoms with Crippen molar-refractivity contribution in [3.63, 3.8) is 0 Å². The van der Waals surface area contributed by atoms with E-state index in [2.05, 4.69) is 54.7 Å². The molecule has 0 saturated heterocycles. The van der Waals surface area contributed by atoms with Crippen LogP contribution in [0.3, 0.4) is 0 Å². The highest BCUT2D eigenvalue weighted by molar-refractivity contribution is 7.99. The minimum absolute atomic E-state index is 0.166. The van der Waals surface area contributed by atoms with Crippen molar-refractivity contribution >= 4 is 17.7 Å². The third kappa shape index (κ3) is 5.86. The Bertz CT molecular complexity index is 956. The largest absolute Gasteiger partial charge is 0.481 e. The molecule has 0 bridgehead atoms. The Morgan fingerprint density at radius 1 is 1.17 bits per heavy atom. The maximum Gasteiger partial charge on any atom is 0.311 e. The van der Waals surface area contributed by atoms with Crippen LogP contribution in [-0.4, -0.2) is 26.8 Å². The summed E-state index contributed by atoms with van der Waals surface area (Å²) >= 11 is 1.96. The highest BCUT2D eigenvalue weighted by atomic mass is 32.2. The van der Waals surface area contributed by atoms with Gasteiger partial charge in [-0.2, -0.15) is 0 Å². The lowest BCUT2D eigenvalue weighted by Crippen LogP contribution is -2.23. The van der Waals surface area contributed by atoms with Crippen LogP contribution in [0.4, 0.5) is 0 Å². The number of hydrogen-bond donors (Lipinski definition) is 1. The van der Waals surface area contributed by atoms with Crippen LogP contribution in [0.15, 0.2) is 29.4 Å². The fraction of sp³-hybridized carbons (Fsp3) is 0.480. The Hall–Kier alpha value is -2.32. The Balaban J connectivity index is 1.90. The van der Waals surface area contributed by atoms with Crippen LogP contribution in [0.25, 0.3) is 0 Å². The van der Waals surface area contributed by atoms with Crippen LogP contribution in [0.1, 0.15) is 81.0 Å². The zero-order chi connectivity index (χ0) is 21.6. The average Bonchev–Trinajstić information content (AvgIpc) is 2.70. The number of fused-ring (bicyclic) bond motifs is 1. The number of aromatic nitrogens is 2. The van der Waals surface area contributed by atoms with Crippen LogP contribution >= 0.6 is 11.8 Å². The Labute approximate surface area is 183 Å². The van der Waals surface area contributed by atoms with Crippen molar-refractivity contribution in [3.05, 3.63) is 52.6 Å². The molecule has 2 heterocycles. The zero-order valence-corrected chi connectivity index (χ0v) is 18.9. The topological polar surface area (TPSA) is 63.1 Å². The van der Waals surface area contributed by atoms with Gasteiger partial charge in [0.1, 0.15) is 12.2 Å². The molecule has 0 amide bonds. The first kappa shape index (κ1) is 22.4. The number of carbonyl (C=O) groups is 1. The second-order valence-electron chi connectivity index (χ2n) is 8.51. The number of aliphatic carboxylic acids is 1. The first-order valence-corrected chi connectivity index (χ1v) is 11.7. The molecule has 0 fully saturated rings. The van der Waals surface area contributed by atoms with E-state index in [-0.39, 0.29) is 11.8 Å². The second kappa shape index (κ2) is 10.1. The number of benzene rings is 1. The minimum atomic E-state index is -0.934. The molecule has 30 heavy (non-hydrogen) atoms. The molecule has 158 valence electrons. The minimum Gasteiger partial charge on any atom is -0.481 e. The zero-order valence-electron chi connectivity index (χ0n) is 18.1. The Morgan fingerprint density at radius 2 is 1.93 bits per heavy atom. The molecule has 0 unspecified atom stereocenters. The summed E-state index contributed by atoms with van der Waals surface area (Å²) in [5, 5.41) is 8.85. The molecule has 1 N–H and O–H groups in total. The lowest BCUT2D eigenvalue weighted by atomic mass is 9.80. The van der Waals surface area contributed by atoms with Crippen LogP contribution in [0.5, 0.6) is 0 Å². The summed E-state index contributed by atoms with van der Waals surface area (Å²) in [6.07, 6.45) is 10.2. The molecule has 0 atom stereocenters. The predicted molar refractivity (Wildman–Crippen MR) is 122 cm³/mol. The number of hydrogen-bond acceptors (Lipinski definition) is 4. The van der Waals surface area contributed by atoms with Gasteiger partial charge in [0.25, 0.3) is 0 Å². The third-order valence-electron chi connectivity index (χ3n) is 5.57. The van der Waals surface area contributed by atoms with Crippen molar-refractivity contribution in [1.82, 2.24) is 9.97 Å². The van der Waals surface area contributed by atoms with E-state index >= 15 is 0 Å². The molecule has 0 spiro atoms. The molecule has 1 aliphatic heterocycles. The summed E-state index contributed by atoms with van der Waals surface area (Å²) in [5.74, 6) is 7.09. The van der Waals surface area contributed by atoms with E-state index in [4.69, 9.17) is 5.11 Å². The van der Waals surface area contributed by atoms with Crippen LogP contribution in [0.2, 0.25) is 0 Å². The lowest BCUT2D eigenvalue weighted by Gasteiger charge is -2.32. The maximum atomic E-state index is 10.8. The number of carboxylic acids is 1. The van der Waals surface area contributed by atoms with Crippen LogP contribution in [0, 0.1) is 11.8 Å². The van der Waals surface area contributed by atoms with Crippen molar-refractivity contribution in [3.8, 4) is 11.8 Å². The van der Waals surface area contributed by atoms with Gasteiger partial charge in [-0.05, 0) is 53.7 Å². The predicted octanol–water partition coefficient (Wildman–Crippen LogP) is 5.40. The number of aryl methyl sites for hydroxylation is 1. The smallest absolute Gasteiger partial charge is 0.311 e. The van der Waals surface area contributed by atoms with E-state index in [1.54, 1.807) is 12.4 Å². The van der Waals surface area contributed by atoms with Gasteiger partial charge in [0.2, 0.25) is 0 Å². The average molecular weight is 423 g/mol. The molecule has 0 radical (unpaired) electrons. The van der Waals surface area contributed by atoms with Gasteiger partial charge >= 0.3 is 5.97 Å². The summed E-state index contributed by atoms with van der Waals surface area (Å²) in [7, 11) is 0. The fourth-order valence-corrected chi connectivity index (χ4v) is 5.22. The van der Waals surface area contributed by atoms with Gasteiger partial charge in [-0.1, -0.05) is 51.9 Å². The van der Waals surface area contributed by atoms with Crippen molar-refractivity contribution in [2.24, 2.45) is 0 Å². The molecular weight excluding hydrogens is 392 g/mol. The molecule has 0 aliphatic carbocycles. The van der Waals surface area contributed by atoms with Gasteiger partial charge in [-0.25, -0.2) is 9.97 Å². The summed E-state index contributed by atoms with van der Waals surface area (Å²) in [6, 6.07) is 4.66. The Kier molecular flexibility index (Phi) is 7.55. The van der Waals surface area contributed by atoms with Crippen LogP contribution in [-0.2, 0) is 23.1 Å². The molecule has 2 aromatic rings. The normalized spacial score (nSPS) is 14.5. The fourth-order valence-electron chi connectivity index (χ4n) is 3.67. The number of carboxylic acid groups (broad SMARTS) is 1. The van der Waals surface area contributed by atoms with Gasteiger partial charge < -0.3 is 5.11 Å². The summed E-state index contributed by atoms with van der Waals surface area (Å²) in [5.41, 5.74) is 4.68. The van der Waals surface area contributed by atoms with Crippen LogP contribution < -0.4 is 0 Å². The number of unbranched alkanes of at least 4 members (excludes halogenated alkanes) is 3. The summed E-state index contributed by atoms with van der Waals surface area (Å²) < 4.78 is 0. The van der Waals surface area contributed by atoms with E-state index < -0.39 is 5.97 Å². The van der Waals surface area contributed by atoms with E-state index in [0.717, 1.165) is 12.0 Å². The number of nitrogens with zero attached hydrogens (tertiary/aromatic N) is 2. The first-order valence-electron chi connectivity index (χ1n) is 10.7. The van der Waals surface area contributed by atoms with Gasteiger partial charge in [0.05, 0.1) is 5.56 Å². The lowest BCUT2D eigenvalue weighted by molar-refractivity contribution is -0.136. The van der Waals surface area contributed by atoms with Crippen molar-refractivity contribution in [2.75, 3.05) is 5.75 Å².